The second kappa shape index (κ2) is 5.86. The highest BCUT2D eigenvalue weighted by Gasteiger charge is 2.41. The molecule has 0 bridgehead atoms. The van der Waals surface area contributed by atoms with Crippen LogP contribution >= 0.6 is 0 Å². The minimum atomic E-state index is -0.0272. The predicted octanol–water partition coefficient (Wildman–Crippen LogP) is 4.22. The molecular formula is C20H22N2O2. The second-order valence-electron chi connectivity index (χ2n) is 6.67. The standard InChI is InChI=1S/C20H22N2O2/c1-13(2)20-22-18(16-6-4-5-7-19(16)24-20)12-17(21-22)14-8-10-15(23-3)11-9-14/h4-11,13,18,20H,12H2,1-3H3. The van der Waals surface area contributed by atoms with Crippen LogP contribution in [-0.2, 0) is 0 Å². The van der Waals surface area contributed by atoms with E-state index in [4.69, 9.17) is 14.6 Å². The van der Waals surface area contributed by atoms with E-state index in [-0.39, 0.29) is 12.3 Å². The Hall–Kier alpha value is -2.49. The molecule has 2 aromatic rings. The van der Waals surface area contributed by atoms with E-state index in [0.29, 0.717) is 5.92 Å². The molecule has 0 saturated heterocycles. The lowest BCUT2D eigenvalue weighted by Gasteiger charge is -2.39. The van der Waals surface area contributed by atoms with Crippen LogP contribution < -0.4 is 9.47 Å². The van der Waals surface area contributed by atoms with Crippen molar-refractivity contribution in [1.29, 1.82) is 0 Å². The van der Waals surface area contributed by atoms with Gasteiger partial charge in [-0.3, -0.25) is 0 Å². The van der Waals surface area contributed by atoms with Gasteiger partial charge in [0.15, 0.2) is 6.23 Å². The van der Waals surface area contributed by atoms with Gasteiger partial charge in [0.05, 0.1) is 18.9 Å². The van der Waals surface area contributed by atoms with E-state index in [0.717, 1.165) is 29.2 Å². The van der Waals surface area contributed by atoms with Gasteiger partial charge in [-0.15, -0.1) is 0 Å². The fourth-order valence-corrected chi connectivity index (χ4v) is 3.46. The lowest BCUT2D eigenvalue weighted by Crippen LogP contribution is -2.43. The summed E-state index contributed by atoms with van der Waals surface area (Å²) in [5.74, 6) is 2.22. The Bertz CT molecular complexity index is 767. The predicted molar refractivity (Wildman–Crippen MR) is 94.4 cm³/mol. The zero-order valence-corrected chi connectivity index (χ0v) is 14.3. The van der Waals surface area contributed by atoms with Crippen LogP contribution in [0.4, 0.5) is 0 Å². The van der Waals surface area contributed by atoms with Gasteiger partial charge in [-0.2, -0.15) is 5.10 Å². The Morgan fingerprint density at radius 2 is 1.88 bits per heavy atom. The first-order chi connectivity index (χ1) is 11.7. The number of para-hydroxylation sites is 1. The summed E-state index contributed by atoms with van der Waals surface area (Å²) >= 11 is 0. The number of benzene rings is 2. The molecule has 0 radical (unpaired) electrons. The van der Waals surface area contributed by atoms with Gasteiger partial charge in [-0.25, -0.2) is 5.01 Å². The highest BCUT2D eigenvalue weighted by Crippen LogP contribution is 2.44. The third-order valence-corrected chi connectivity index (χ3v) is 4.72. The Morgan fingerprint density at radius 1 is 1.12 bits per heavy atom. The van der Waals surface area contributed by atoms with E-state index in [1.807, 2.05) is 18.2 Å². The molecule has 2 aliphatic rings. The molecule has 4 nitrogen and oxygen atoms in total. The Morgan fingerprint density at radius 3 is 2.58 bits per heavy atom. The first kappa shape index (κ1) is 15.1. The van der Waals surface area contributed by atoms with Crippen molar-refractivity contribution in [2.24, 2.45) is 11.0 Å². The monoisotopic (exact) mass is 322 g/mol. The number of hydrazone groups is 1. The van der Waals surface area contributed by atoms with Crippen molar-refractivity contribution in [2.45, 2.75) is 32.5 Å². The van der Waals surface area contributed by atoms with Crippen molar-refractivity contribution in [2.75, 3.05) is 7.11 Å². The highest BCUT2D eigenvalue weighted by molar-refractivity contribution is 6.02. The third-order valence-electron chi connectivity index (χ3n) is 4.72. The van der Waals surface area contributed by atoms with Crippen LogP contribution in [-0.4, -0.2) is 24.1 Å². The van der Waals surface area contributed by atoms with E-state index < -0.39 is 0 Å². The number of ether oxygens (including phenoxy) is 2. The SMILES string of the molecule is COc1ccc(C2=NN3C(C2)c2ccccc2OC3C(C)C)cc1. The molecular weight excluding hydrogens is 300 g/mol. The topological polar surface area (TPSA) is 34.1 Å². The molecule has 0 saturated carbocycles. The fourth-order valence-electron chi connectivity index (χ4n) is 3.46. The molecule has 0 fully saturated rings. The molecule has 24 heavy (non-hydrogen) atoms. The molecule has 2 unspecified atom stereocenters. The van der Waals surface area contributed by atoms with Gasteiger partial charge in [0.2, 0.25) is 0 Å². The van der Waals surface area contributed by atoms with E-state index in [1.165, 1.54) is 5.56 Å². The summed E-state index contributed by atoms with van der Waals surface area (Å²) in [6.07, 6.45) is 0.872. The maximum atomic E-state index is 6.23. The van der Waals surface area contributed by atoms with Gasteiger partial charge >= 0.3 is 0 Å². The summed E-state index contributed by atoms with van der Waals surface area (Å²) in [5, 5.41) is 7.07. The summed E-state index contributed by atoms with van der Waals surface area (Å²) in [7, 11) is 1.68. The first-order valence-corrected chi connectivity index (χ1v) is 8.43. The molecule has 4 rings (SSSR count). The minimum absolute atomic E-state index is 0.0272. The second-order valence-corrected chi connectivity index (χ2v) is 6.67. The molecule has 4 heteroatoms. The number of fused-ring (bicyclic) bond motifs is 3. The van der Waals surface area contributed by atoms with Gasteiger partial charge in [-0.1, -0.05) is 32.0 Å². The van der Waals surface area contributed by atoms with Crippen molar-refractivity contribution in [3.8, 4) is 11.5 Å². The van der Waals surface area contributed by atoms with Gasteiger partial charge in [0.25, 0.3) is 0 Å². The van der Waals surface area contributed by atoms with Crippen LogP contribution in [0.5, 0.6) is 11.5 Å². The van der Waals surface area contributed by atoms with Crippen molar-refractivity contribution >= 4 is 5.71 Å². The van der Waals surface area contributed by atoms with E-state index in [9.17, 15) is 0 Å². The van der Waals surface area contributed by atoms with Gasteiger partial charge in [0, 0.05) is 17.9 Å². The summed E-state index contributed by atoms with van der Waals surface area (Å²) in [4.78, 5) is 0. The molecule has 2 aromatic carbocycles. The van der Waals surface area contributed by atoms with E-state index >= 15 is 0 Å². The van der Waals surface area contributed by atoms with Crippen molar-refractivity contribution in [3.63, 3.8) is 0 Å². The van der Waals surface area contributed by atoms with Crippen molar-refractivity contribution in [1.82, 2.24) is 5.01 Å². The summed E-state index contributed by atoms with van der Waals surface area (Å²) in [5.41, 5.74) is 3.47. The quantitative estimate of drug-likeness (QED) is 0.848. The number of rotatable bonds is 3. The van der Waals surface area contributed by atoms with Crippen molar-refractivity contribution in [3.05, 3.63) is 59.7 Å². The molecule has 0 spiro atoms. The third kappa shape index (κ3) is 2.42. The van der Waals surface area contributed by atoms with Crippen LogP contribution in [0.1, 0.15) is 37.4 Å². The van der Waals surface area contributed by atoms with Gasteiger partial charge in [0.1, 0.15) is 11.5 Å². The number of nitrogens with zero attached hydrogens (tertiary/aromatic N) is 2. The van der Waals surface area contributed by atoms with Crippen LogP contribution in [0.25, 0.3) is 0 Å². The fraction of sp³-hybridized carbons (Fsp3) is 0.350. The summed E-state index contributed by atoms with van der Waals surface area (Å²) in [6.45, 7) is 4.35. The molecule has 0 N–H and O–H groups in total. The summed E-state index contributed by atoms with van der Waals surface area (Å²) in [6, 6.07) is 16.7. The largest absolute Gasteiger partial charge is 0.497 e. The minimum Gasteiger partial charge on any atom is -0.497 e. The Balaban J connectivity index is 1.70. The molecule has 2 heterocycles. The van der Waals surface area contributed by atoms with E-state index in [1.54, 1.807) is 7.11 Å². The van der Waals surface area contributed by atoms with Crippen LogP contribution in [0.3, 0.4) is 0 Å². The lowest BCUT2D eigenvalue weighted by molar-refractivity contribution is -0.0461. The normalized spacial score (nSPS) is 21.8. The number of hydrogen-bond acceptors (Lipinski definition) is 4. The molecule has 0 amide bonds. The average molecular weight is 322 g/mol. The smallest absolute Gasteiger partial charge is 0.190 e. The maximum Gasteiger partial charge on any atom is 0.190 e. The lowest BCUT2D eigenvalue weighted by atomic mass is 9.95. The molecule has 0 aromatic heterocycles. The number of hydrogen-bond donors (Lipinski definition) is 0. The molecule has 2 atom stereocenters. The zero-order valence-electron chi connectivity index (χ0n) is 14.3. The highest BCUT2D eigenvalue weighted by atomic mass is 16.5. The Labute approximate surface area is 142 Å². The van der Waals surface area contributed by atoms with Crippen LogP contribution in [0.15, 0.2) is 53.6 Å². The average Bonchev–Trinajstić information content (AvgIpc) is 3.06. The molecule has 0 aliphatic carbocycles. The summed E-state index contributed by atoms with van der Waals surface area (Å²) < 4.78 is 11.5. The van der Waals surface area contributed by atoms with Crippen LogP contribution in [0.2, 0.25) is 0 Å². The van der Waals surface area contributed by atoms with Gasteiger partial charge in [-0.05, 0) is 35.9 Å². The zero-order chi connectivity index (χ0) is 16.7. The molecule has 124 valence electrons. The first-order valence-electron chi connectivity index (χ1n) is 8.43. The van der Waals surface area contributed by atoms with Crippen LogP contribution in [0, 0.1) is 5.92 Å². The Kier molecular flexibility index (Phi) is 3.68. The van der Waals surface area contributed by atoms with E-state index in [2.05, 4.69) is 49.2 Å². The van der Waals surface area contributed by atoms with Gasteiger partial charge < -0.3 is 9.47 Å². The maximum absolute atomic E-state index is 6.23. The van der Waals surface area contributed by atoms with Crippen molar-refractivity contribution < 1.29 is 9.47 Å². The number of methoxy groups -OCH3 is 1. The molecule has 2 aliphatic heterocycles.